The Hall–Kier alpha value is -2.25. The third kappa shape index (κ3) is 4.25. The molecule has 0 bridgehead atoms. The summed E-state index contributed by atoms with van der Waals surface area (Å²) < 4.78 is 10.6. The van der Waals surface area contributed by atoms with Crippen molar-refractivity contribution in [3.63, 3.8) is 0 Å². The molecule has 0 amide bonds. The lowest BCUT2D eigenvalue weighted by molar-refractivity contribution is 0.169. The highest BCUT2D eigenvalue weighted by Gasteiger charge is 2.23. The number of hydrazine groups is 1. The number of piperidine rings is 1. The van der Waals surface area contributed by atoms with Gasteiger partial charge in [0, 0.05) is 22.9 Å². The Morgan fingerprint density at radius 1 is 1.07 bits per heavy atom. The van der Waals surface area contributed by atoms with E-state index >= 15 is 0 Å². The number of aromatic nitrogens is 2. The second kappa shape index (κ2) is 8.41. The minimum Gasteiger partial charge on any atom is -0.494 e. The highest BCUT2D eigenvalue weighted by Crippen LogP contribution is 2.36. The molecule has 0 aliphatic carbocycles. The van der Waals surface area contributed by atoms with Crippen molar-refractivity contribution in [2.45, 2.75) is 37.0 Å². The summed E-state index contributed by atoms with van der Waals surface area (Å²) in [7, 11) is 0. The SMILES string of the molecule is CCOc1ccc(Sc2ccc(NN3CC(C)CC(C)C3)c3nonc23)cc1. The fourth-order valence-corrected chi connectivity index (χ4v) is 4.73. The highest BCUT2D eigenvalue weighted by molar-refractivity contribution is 7.99. The maximum Gasteiger partial charge on any atom is 0.160 e. The van der Waals surface area contributed by atoms with E-state index < -0.39 is 0 Å². The topological polar surface area (TPSA) is 63.4 Å². The van der Waals surface area contributed by atoms with E-state index in [1.807, 2.05) is 19.1 Å². The monoisotopic (exact) mass is 398 g/mol. The zero-order valence-corrected chi connectivity index (χ0v) is 17.3. The number of benzene rings is 2. The van der Waals surface area contributed by atoms with Gasteiger partial charge in [-0.3, -0.25) is 0 Å². The Bertz CT molecular complexity index is 918. The van der Waals surface area contributed by atoms with Crippen LogP contribution in [0.1, 0.15) is 27.2 Å². The molecule has 2 unspecified atom stereocenters. The van der Waals surface area contributed by atoms with Crippen molar-refractivity contribution in [1.82, 2.24) is 15.3 Å². The van der Waals surface area contributed by atoms with Crippen molar-refractivity contribution in [2.24, 2.45) is 11.8 Å². The molecule has 7 heteroatoms. The molecule has 2 aromatic carbocycles. The second-order valence-corrected chi connectivity index (χ2v) is 8.66. The molecule has 1 aromatic heterocycles. The number of anilines is 1. The van der Waals surface area contributed by atoms with Crippen LogP contribution in [0.2, 0.25) is 0 Å². The summed E-state index contributed by atoms with van der Waals surface area (Å²) in [4.78, 5) is 2.14. The minimum absolute atomic E-state index is 0.667. The van der Waals surface area contributed by atoms with Crippen molar-refractivity contribution in [3.05, 3.63) is 36.4 Å². The Morgan fingerprint density at radius 3 is 2.50 bits per heavy atom. The van der Waals surface area contributed by atoms with Crippen molar-refractivity contribution < 1.29 is 9.37 Å². The molecule has 1 N–H and O–H groups in total. The average Bonchev–Trinajstić information content (AvgIpc) is 3.15. The molecule has 1 fully saturated rings. The van der Waals surface area contributed by atoms with E-state index in [9.17, 15) is 0 Å². The van der Waals surface area contributed by atoms with Crippen molar-refractivity contribution in [3.8, 4) is 5.75 Å². The molecule has 3 aromatic rings. The standard InChI is InChI=1S/C21H26N4O2S/c1-4-26-16-5-7-17(8-6-16)28-19-10-9-18(20-21(19)24-27-23-20)22-25-12-14(2)11-15(3)13-25/h5-10,14-15,22H,4,11-13H2,1-3H3. The third-order valence-electron chi connectivity index (χ3n) is 4.89. The van der Waals surface area contributed by atoms with Gasteiger partial charge in [-0.05, 0) is 71.9 Å². The van der Waals surface area contributed by atoms with Crippen LogP contribution in [-0.4, -0.2) is 35.0 Å². The van der Waals surface area contributed by atoms with Crippen LogP contribution in [0.25, 0.3) is 11.0 Å². The molecule has 1 aliphatic heterocycles. The van der Waals surface area contributed by atoms with Gasteiger partial charge in [0.15, 0.2) is 11.0 Å². The van der Waals surface area contributed by atoms with Gasteiger partial charge in [-0.2, -0.15) is 0 Å². The van der Waals surface area contributed by atoms with Crippen LogP contribution < -0.4 is 10.2 Å². The van der Waals surface area contributed by atoms with Crippen LogP contribution >= 0.6 is 11.8 Å². The van der Waals surface area contributed by atoms with Gasteiger partial charge in [0.1, 0.15) is 5.75 Å². The fraction of sp³-hybridized carbons (Fsp3) is 0.429. The number of fused-ring (bicyclic) bond motifs is 1. The Kier molecular flexibility index (Phi) is 5.73. The molecule has 0 spiro atoms. The van der Waals surface area contributed by atoms with Crippen LogP contribution in [0.3, 0.4) is 0 Å². The summed E-state index contributed by atoms with van der Waals surface area (Å²) in [6.45, 7) is 9.31. The minimum atomic E-state index is 0.667. The number of nitrogens with zero attached hydrogens (tertiary/aromatic N) is 3. The Morgan fingerprint density at radius 2 is 1.79 bits per heavy atom. The fourth-order valence-electron chi connectivity index (χ4n) is 3.84. The predicted molar refractivity (Wildman–Crippen MR) is 112 cm³/mol. The summed E-state index contributed by atoms with van der Waals surface area (Å²) in [5.41, 5.74) is 6.01. The average molecular weight is 399 g/mol. The van der Waals surface area contributed by atoms with E-state index in [1.165, 1.54) is 6.42 Å². The number of hydrogen-bond acceptors (Lipinski definition) is 7. The third-order valence-corrected chi connectivity index (χ3v) is 5.95. The molecule has 0 saturated carbocycles. The molecule has 0 radical (unpaired) electrons. The molecule has 4 rings (SSSR count). The summed E-state index contributed by atoms with van der Waals surface area (Å²) in [5.74, 6) is 2.23. The molecule has 148 valence electrons. The first kappa shape index (κ1) is 19.1. The van der Waals surface area contributed by atoms with E-state index in [0.717, 1.165) is 45.4 Å². The Labute approximate surface area is 169 Å². The van der Waals surface area contributed by atoms with Crippen molar-refractivity contribution in [2.75, 3.05) is 25.1 Å². The van der Waals surface area contributed by atoms with E-state index in [2.05, 4.69) is 58.9 Å². The van der Waals surface area contributed by atoms with Gasteiger partial charge in [-0.25, -0.2) is 9.64 Å². The van der Waals surface area contributed by atoms with Gasteiger partial charge in [-0.15, -0.1) is 0 Å². The van der Waals surface area contributed by atoms with Crippen LogP contribution in [0.15, 0.2) is 50.8 Å². The van der Waals surface area contributed by atoms with Gasteiger partial charge < -0.3 is 10.2 Å². The van der Waals surface area contributed by atoms with Crippen LogP contribution in [0.5, 0.6) is 5.75 Å². The van der Waals surface area contributed by atoms with Gasteiger partial charge >= 0.3 is 0 Å². The first-order chi connectivity index (χ1) is 13.6. The number of hydrogen-bond donors (Lipinski definition) is 1. The maximum absolute atomic E-state index is 5.51. The normalized spacial score (nSPS) is 20.4. The molecule has 6 nitrogen and oxygen atoms in total. The smallest absolute Gasteiger partial charge is 0.160 e. The van der Waals surface area contributed by atoms with Crippen molar-refractivity contribution in [1.29, 1.82) is 0 Å². The van der Waals surface area contributed by atoms with E-state index in [1.54, 1.807) is 11.8 Å². The lowest BCUT2D eigenvalue weighted by Crippen LogP contribution is -2.42. The zero-order valence-electron chi connectivity index (χ0n) is 16.5. The van der Waals surface area contributed by atoms with Crippen LogP contribution in [0, 0.1) is 11.8 Å². The van der Waals surface area contributed by atoms with Crippen molar-refractivity contribution >= 4 is 28.5 Å². The lowest BCUT2D eigenvalue weighted by atomic mass is 9.93. The second-order valence-electron chi connectivity index (χ2n) is 7.54. The van der Waals surface area contributed by atoms with Gasteiger partial charge in [0.2, 0.25) is 0 Å². The largest absolute Gasteiger partial charge is 0.494 e. The van der Waals surface area contributed by atoms with Gasteiger partial charge in [-0.1, -0.05) is 25.6 Å². The molecule has 28 heavy (non-hydrogen) atoms. The van der Waals surface area contributed by atoms with Crippen LogP contribution in [-0.2, 0) is 0 Å². The summed E-state index contributed by atoms with van der Waals surface area (Å²) in [6, 6.07) is 12.2. The maximum atomic E-state index is 5.51. The highest BCUT2D eigenvalue weighted by atomic mass is 32.2. The Balaban J connectivity index is 1.53. The van der Waals surface area contributed by atoms with Gasteiger partial charge in [0.05, 0.1) is 12.3 Å². The molecule has 2 atom stereocenters. The lowest BCUT2D eigenvalue weighted by Gasteiger charge is -2.35. The van der Waals surface area contributed by atoms with Gasteiger partial charge in [0.25, 0.3) is 0 Å². The van der Waals surface area contributed by atoms with E-state index in [4.69, 9.17) is 9.37 Å². The predicted octanol–water partition coefficient (Wildman–Crippen LogP) is 5.08. The first-order valence-corrected chi connectivity index (χ1v) is 10.6. The van der Waals surface area contributed by atoms with Crippen LogP contribution in [0.4, 0.5) is 5.69 Å². The summed E-state index contributed by atoms with van der Waals surface area (Å²) in [6.07, 6.45) is 1.27. The molecule has 2 heterocycles. The van der Waals surface area contributed by atoms with E-state index in [0.29, 0.717) is 18.4 Å². The van der Waals surface area contributed by atoms with E-state index in [-0.39, 0.29) is 0 Å². The molecular formula is C21H26N4O2S. The first-order valence-electron chi connectivity index (χ1n) is 9.80. The number of nitrogens with one attached hydrogen (secondary N) is 1. The zero-order chi connectivity index (χ0) is 19.5. The quantitative estimate of drug-likeness (QED) is 0.621. The molecule has 1 saturated heterocycles. The number of rotatable bonds is 6. The molecular weight excluding hydrogens is 372 g/mol. The number of ether oxygens (including phenoxy) is 1. The summed E-state index contributed by atoms with van der Waals surface area (Å²) in [5, 5.41) is 10.6. The summed E-state index contributed by atoms with van der Waals surface area (Å²) >= 11 is 1.64. The molecule has 1 aliphatic rings.